The fraction of sp³-hybridized carbons (Fsp3) is 0.125. The molecule has 0 saturated heterocycles. The van der Waals surface area contributed by atoms with E-state index in [0.717, 1.165) is 10.6 Å². The lowest BCUT2D eigenvalue weighted by atomic mass is 10.1. The van der Waals surface area contributed by atoms with Crippen LogP contribution < -0.4 is 14.5 Å². The van der Waals surface area contributed by atoms with Gasteiger partial charge in [-0.1, -0.05) is 24.3 Å². The van der Waals surface area contributed by atoms with Crippen LogP contribution in [0.3, 0.4) is 0 Å². The third kappa shape index (κ3) is 3.01. The number of nitrogens with zero attached hydrogens (tertiary/aromatic N) is 1. The van der Waals surface area contributed by atoms with Gasteiger partial charge in [-0.3, -0.25) is 15.0 Å². The largest absolute Gasteiger partial charge is 0.497 e. The van der Waals surface area contributed by atoms with E-state index in [4.69, 9.17) is 4.74 Å². The van der Waals surface area contributed by atoms with Gasteiger partial charge in [-0.25, -0.2) is 8.42 Å². The molecule has 3 rings (SSSR count). The molecule has 1 aliphatic heterocycles. The highest BCUT2D eigenvalue weighted by molar-refractivity contribution is 7.92. The zero-order valence-electron chi connectivity index (χ0n) is 12.4. The second-order valence-electron chi connectivity index (χ2n) is 5.01. The van der Waals surface area contributed by atoms with Crippen molar-refractivity contribution in [3.63, 3.8) is 0 Å². The van der Waals surface area contributed by atoms with Gasteiger partial charge in [0.2, 0.25) is 0 Å². The Kier molecular flexibility index (Phi) is 3.97. The van der Waals surface area contributed by atoms with Crippen molar-refractivity contribution >= 4 is 27.5 Å². The van der Waals surface area contributed by atoms with Crippen molar-refractivity contribution in [1.29, 1.82) is 0 Å². The Balaban J connectivity index is 1.96. The Bertz CT molecular complexity index is 845. The Hall–Kier alpha value is -2.51. The Morgan fingerprint density at radius 1 is 1.17 bits per heavy atom. The summed E-state index contributed by atoms with van der Waals surface area (Å²) in [5.41, 5.74) is 1.51. The fourth-order valence-corrected chi connectivity index (χ4v) is 3.46. The normalized spacial score (nSPS) is 13.6. The predicted octanol–water partition coefficient (Wildman–Crippen LogP) is 2.72. The molecule has 2 N–H and O–H groups in total. The summed E-state index contributed by atoms with van der Waals surface area (Å²) in [7, 11) is -2.25. The lowest BCUT2D eigenvalue weighted by Gasteiger charge is -2.24. The minimum absolute atomic E-state index is 0.117. The number of ether oxygens (including phenoxy) is 1. The highest BCUT2D eigenvalue weighted by Crippen LogP contribution is 2.34. The first-order chi connectivity index (χ1) is 11.0. The summed E-state index contributed by atoms with van der Waals surface area (Å²) in [6, 6.07) is 11.2. The SMILES string of the molecule is COc1ccc(S(=O)(=O)Nc2cccc3c2N(O)CC=C3)cc1. The molecule has 0 fully saturated rings. The monoisotopic (exact) mass is 332 g/mol. The first-order valence-corrected chi connectivity index (χ1v) is 8.42. The van der Waals surface area contributed by atoms with Crippen molar-refractivity contribution in [2.75, 3.05) is 23.4 Å². The zero-order valence-corrected chi connectivity index (χ0v) is 13.2. The zero-order chi connectivity index (χ0) is 16.4. The van der Waals surface area contributed by atoms with Gasteiger partial charge < -0.3 is 4.74 Å². The molecule has 23 heavy (non-hydrogen) atoms. The Morgan fingerprint density at radius 3 is 2.61 bits per heavy atom. The van der Waals surface area contributed by atoms with Gasteiger partial charge in [0.25, 0.3) is 10.0 Å². The number of methoxy groups -OCH3 is 1. The fourth-order valence-electron chi connectivity index (χ4n) is 2.40. The van der Waals surface area contributed by atoms with Gasteiger partial charge in [-0.15, -0.1) is 0 Å². The van der Waals surface area contributed by atoms with Gasteiger partial charge in [-0.2, -0.15) is 0 Å². The van der Waals surface area contributed by atoms with Gasteiger partial charge in [0, 0.05) is 5.56 Å². The summed E-state index contributed by atoms with van der Waals surface area (Å²) in [5.74, 6) is 0.577. The van der Waals surface area contributed by atoms with Crippen molar-refractivity contribution in [3.8, 4) is 5.75 Å². The lowest BCUT2D eigenvalue weighted by molar-refractivity contribution is 0.265. The van der Waals surface area contributed by atoms with Crippen molar-refractivity contribution in [3.05, 3.63) is 54.1 Å². The van der Waals surface area contributed by atoms with Crippen molar-refractivity contribution in [1.82, 2.24) is 0 Å². The third-order valence-electron chi connectivity index (χ3n) is 3.52. The molecule has 0 aliphatic carbocycles. The van der Waals surface area contributed by atoms with E-state index in [1.807, 2.05) is 6.08 Å². The Morgan fingerprint density at radius 2 is 1.91 bits per heavy atom. The molecule has 0 aromatic heterocycles. The molecule has 120 valence electrons. The molecule has 1 heterocycles. The number of hydrogen-bond acceptors (Lipinski definition) is 5. The van der Waals surface area contributed by atoms with Gasteiger partial charge in [-0.05, 0) is 30.3 Å². The molecule has 0 radical (unpaired) electrons. The minimum Gasteiger partial charge on any atom is -0.497 e. The summed E-state index contributed by atoms with van der Waals surface area (Å²) >= 11 is 0. The molecule has 0 amide bonds. The number of nitrogens with one attached hydrogen (secondary N) is 1. The molecule has 0 bridgehead atoms. The van der Waals surface area contributed by atoms with Crippen LogP contribution in [0.1, 0.15) is 5.56 Å². The number of hydroxylamine groups is 1. The molecule has 2 aromatic carbocycles. The number of rotatable bonds is 4. The molecule has 1 aliphatic rings. The topological polar surface area (TPSA) is 78.9 Å². The molecular formula is C16H16N2O4S. The molecular weight excluding hydrogens is 316 g/mol. The van der Waals surface area contributed by atoms with E-state index in [1.165, 1.54) is 19.2 Å². The standard InChI is InChI=1S/C16H16N2O4S/c1-22-13-7-9-14(10-8-13)23(20,21)17-15-6-2-4-12-5-3-11-18(19)16(12)15/h2-10,17,19H,11H2,1H3. The maximum Gasteiger partial charge on any atom is 0.261 e. The van der Waals surface area contributed by atoms with Gasteiger partial charge in [0.05, 0.1) is 29.9 Å². The van der Waals surface area contributed by atoms with Crippen LogP contribution >= 0.6 is 0 Å². The second kappa shape index (κ2) is 5.94. The van der Waals surface area contributed by atoms with Gasteiger partial charge >= 0.3 is 0 Å². The van der Waals surface area contributed by atoms with Crippen LogP contribution in [0.15, 0.2) is 53.4 Å². The summed E-state index contributed by atoms with van der Waals surface area (Å²) < 4.78 is 32.6. The van der Waals surface area contributed by atoms with E-state index in [0.29, 0.717) is 23.7 Å². The summed E-state index contributed by atoms with van der Waals surface area (Å²) in [5, 5.41) is 11.0. The number of para-hydroxylation sites is 1. The number of hydrogen-bond donors (Lipinski definition) is 2. The average molecular weight is 332 g/mol. The van der Waals surface area contributed by atoms with E-state index in [-0.39, 0.29) is 4.90 Å². The van der Waals surface area contributed by atoms with Gasteiger partial charge in [0.1, 0.15) is 5.75 Å². The predicted molar refractivity (Wildman–Crippen MR) is 88.4 cm³/mol. The smallest absolute Gasteiger partial charge is 0.261 e. The quantitative estimate of drug-likeness (QED) is 0.900. The van der Waals surface area contributed by atoms with Crippen molar-refractivity contribution in [2.45, 2.75) is 4.90 Å². The maximum absolute atomic E-state index is 12.5. The molecule has 0 saturated carbocycles. The van der Waals surface area contributed by atoms with E-state index in [2.05, 4.69) is 4.72 Å². The van der Waals surface area contributed by atoms with Crippen molar-refractivity contribution < 1.29 is 18.4 Å². The number of fused-ring (bicyclic) bond motifs is 1. The van der Waals surface area contributed by atoms with Crippen LogP contribution in [-0.4, -0.2) is 27.3 Å². The highest BCUT2D eigenvalue weighted by Gasteiger charge is 2.20. The van der Waals surface area contributed by atoms with E-state index >= 15 is 0 Å². The molecule has 7 heteroatoms. The van der Waals surface area contributed by atoms with Crippen LogP contribution in [0.2, 0.25) is 0 Å². The second-order valence-corrected chi connectivity index (χ2v) is 6.69. The average Bonchev–Trinajstić information content (AvgIpc) is 2.55. The molecule has 0 unspecified atom stereocenters. The number of benzene rings is 2. The van der Waals surface area contributed by atoms with Crippen molar-refractivity contribution in [2.24, 2.45) is 0 Å². The third-order valence-corrected chi connectivity index (χ3v) is 4.90. The maximum atomic E-state index is 12.5. The van der Waals surface area contributed by atoms with Crippen LogP contribution in [0.4, 0.5) is 11.4 Å². The minimum atomic E-state index is -3.76. The van der Waals surface area contributed by atoms with Crippen LogP contribution in [0.5, 0.6) is 5.75 Å². The summed E-state index contributed by atoms with van der Waals surface area (Å²) in [4.78, 5) is 0.117. The van der Waals surface area contributed by atoms with Crippen LogP contribution in [0.25, 0.3) is 6.08 Å². The lowest BCUT2D eigenvalue weighted by Crippen LogP contribution is -2.24. The molecule has 0 atom stereocenters. The molecule has 6 nitrogen and oxygen atoms in total. The summed E-state index contributed by atoms with van der Waals surface area (Å²) in [6.07, 6.45) is 3.64. The molecule has 2 aromatic rings. The van der Waals surface area contributed by atoms with E-state index < -0.39 is 10.0 Å². The van der Waals surface area contributed by atoms with Gasteiger partial charge in [0.15, 0.2) is 0 Å². The number of anilines is 2. The summed E-state index contributed by atoms with van der Waals surface area (Å²) in [6.45, 7) is 0.300. The first kappa shape index (κ1) is 15.4. The van der Waals surface area contributed by atoms with Crippen LogP contribution in [0, 0.1) is 0 Å². The number of sulfonamides is 1. The molecule has 0 spiro atoms. The first-order valence-electron chi connectivity index (χ1n) is 6.94. The Labute approximate surface area is 134 Å². The highest BCUT2D eigenvalue weighted by atomic mass is 32.2. The van der Waals surface area contributed by atoms with E-state index in [1.54, 1.807) is 36.4 Å². The van der Waals surface area contributed by atoms with E-state index in [9.17, 15) is 13.6 Å². The van der Waals surface area contributed by atoms with Crippen LogP contribution in [-0.2, 0) is 10.0 Å².